The van der Waals surface area contributed by atoms with Crippen molar-refractivity contribution in [1.29, 1.82) is 0 Å². The van der Waals surface area contributed by atoms with Crippen LogP contribution in [-0.4, -0.2) is 54.2 Å². The molecule has 0 saturated heterocycles. The van der Waals surface area contributed by atoms with Crippen LogP contribution in [0.3, 0.4) is 0 Å². The highest BCUT2D eigenvalue weighted by atomic mass is 127. The molecule has 9 nitrogen and oxygen atoms in total. The number of aliphatic hydroxyl groups excluding tert-OH is 2. The summed E-state index contributed by atoms with van der Waals surface area (Å²) in [7, 11) is 0. The van der Waals surface area contributed by atoms with Gasteiger partial charge in [-0.1, -0.05) is 30.3 Å². The maximum absolute atomic E-state index is 14.7. The number of H-pyrrole nitrogens is 2. The summed E-state index contributed by atoms with van der Waals surface area (Å²) in [5.41, 5.74) is 1.90. The minimum absolute atomic E-state index is 0.0767. The van der Waals surface area contributed by atoms with E-state index in [0.717, 1.165) is 9.13 Å². The monoisotopic (exact) mass is 656 g/mol. The molecule has 0 aliphatic carbocycles. The molecule has 0 radical (unpaired) electrons. The molecule has 40 heavy (non-hydrogen) atoms. The molecule has 0 fully saturated rings. The largest absolute Gasteiger partial charge is 0.493 e. The maximum Gasteiger partial charge on any atom is 0.329 e. The molecular formula is C29H26FIN4O5. The number of rotatable bonds is 10. The number of hydrogen-bond acceptors (Lipinski definition) is 6. The molecule has 206 valence electrons. The first kappa shape index (κ1) is 27.6. The van der Waals surface area contributed by atoms with E-state index in [1.54, 1.807) is 36.4 Å². The van der Waals surface area contributed by atoms with E-state index in [0.29, 0.717) is 34.8 Å². The molecule has 5 aromatic rings. The number of aromatic hydroxyl groups is 1. The smallest absolute Gasteiger partial charge is 0.329 e. The molecule has 5 rings (SSSR count). The van der Waals surface area contributed by atoms with Gasteiger partial charge in [0.15, 0.2) is 0 Å². The van der Waals surface area contributed by atoms with Crippen molar-refractivity contribution >= 4 is 22.6 Å². The third-order valence-corrected chi connectivity index (χ3v) is 7.09. The number of nitrogens with one attached hydrogen (secondary N) is 2. The van der Waals surface area contributed by atoms with Crippen molar-refractivity contribution in [3.63, 3.8) is 0 Å². The minimum Gasteiger partial charge on any atom is -0.493 e. The summed E-state index contributed by atoms with van der Waals surface area (Å²) >= 11 is 2.04. The van der Waals surface area contributed by atoms with Crippen LogP contribution in [0.4, 0.5) is 4.39 Å². The third-order valence-electron chi connectivity index (χ3n) is 6.41. The van der Waals surface area contributed by atoms with Crippen molar-refractivity contribution in [3.8, 4) is 34.1 Å². The van der Waals surface area contributed by atoms with Gasteiger partial charge in [-0.2, -0.15) is 0 Å². The van der Waals surface area contributed by atoms with E-state index in [-0.39, 0.29) is 18.2 Å². The Hall–Kier alpha value is -3.94. The van der Waals surface area contributed by atoms with Crippen LogP contribution in [0, 0.1) is 9.39 Å². The van der Waals surface area contributed by atoms with Crippen molar-refractivity contribution in [2.45, 2.75) is 18.6 Å². The van der Waals surface area contributed by atoms with E-state index in [1.807, 2.05) is 52.9 Å². The molecule has 0 amide bonds. The number of benzene rings is 3. The third kappa shape index (κ3) is 5.96. The lowest BCUT2D eigenvalue weighted by Gasteiger charge is -2.17. The number of aliphatic hydroxyl groups is 2. The highest BCUT2D eigenvalue weighted by Crippen LogP contribution is 2.33. The Morgan fingerprint density at radius 2 is 1.80 bits per heavy atom. The molecule has 0 unspecified atom stereocenters. The fourth-order valence-electron chi connectivity index (χ4n) is 4.39. The summed E-state index contributed by atoms with van der Waals surface area (Å²) in [6.45, 7) is -0.492. The van der Waals surface area contributed by atoms with Crippen molar-refractivity contribution in [1.82, 2.24) is 19.5 Å². The van der Waals surface area contributed by atoms with Crippen molar-refractivity contribution in [2.75, 3.05) is 13.2 Å². The van der Waals surface area contributed by atoms with Crippen molar-refractivity contribution in [3.05, 3.63) is 110 Å². The molecule has 2 aromatic heterocycles. The molecule has 11 heteroatoms. The Kier molecular flexibility index (Phi) is 8.33. The van der Waals surface area contributed by atoms with Crippen molar-refractivity contribution < 1.29 is 24.4 Å². The molecule has 0 bridgehead atoms. The van der Waals surface area contributed by atoms with E-state index in [2.05, 4.69) is 15.0 Å². The van der Waals surface area contributed by atoms with Gasteiger partial charge < -0.3 is 30.0 Å². The number of ether oxygens (including phenoxy) is 1. The van der Waals surface area contributed by atoms with Crippen LogP contribution in [0.5, 0.6) is 11.6 Å². The van der Waals surface area contributed by atoms with Crippen LogP contribution in [-0.2, 0) is 6.42 Å². The topological polar surface area (TPSA) is 136 Å². The van der Waals surface area contributed by atoms with E-state index in [4.69, 9.17) is 9.84 Å². The van der Waals surface area contributed by atoms with Gasteiger partial charge in [0.25, 0.3) is 0 Å². The molecule has 2 atom stereocenters. The molecule has 2 heterocycles. The van der Waals surface area contributed by atoms with Gasteiger partial charge in [0.2, 0.25) is 5.88 Å². The zero-order valence-electron chi connectivity index (χ0n) is 21.1. The zero-order valence-corrected chi connectivity index (χ0v) is 23.2. The van der Waals surface area contributed by atoms with E-state index >= 15 is 0 Å². The number of imidazole rings is 2. The molecule has 3 aromatic carbocycles. The molecule has 0 aliphatic heterocycles. The molecular weight excluding hydrogens is 630 g/mol. The van der Waals surface area contributed by atoms with Crippen LogP contribution >= 0.6 is 22.6 Å². The summed E-state index contributed by atoms with van der Waals surface area (Å²) in [4.78, 5) is 23.6. The van der Waals surface area contributed by atoms with Crippen molar-refractivity contribution in [2.24, 2.45) is 0 Å². The SMILES string of the molecule is O=c1[nH]c(-c2ccc(OC[C@H](O)CO)cc2)c(O)n1[C@H](Cc1ccccc1)c1ncc(-c2ccc(I)cc2F)[nH]1. The van der Waals surface area contributed by atoms with Gasteiger partial charge in [0.05, 0.1) is 18.5 Å². The second kappa shape index (κ2) is 12.1. The fourth-order valence-corrected chi connectivity index (χ4v) is 4.84. The lowest BCUT2D eigenvalue weighted by molar-refractivity contribution is 0.0536. The first-order valence-electron chi connectivity index (χ1n) is 12.4. The summed E-state index contributed by atoms with van der Waals surface area (Å²) in [6, 6.07) is 20.2. The number of halogens is 2. The van der Waals surface area contributed by atoms with E-state index < -0.39 is 30.3 Å². The average Bonchev–Trinajstić information content (AvgIpc) is 3.55. The predicted octanol–water partition coefficient (Wildman–Crippen LogP) is 4.25. The Bertz CT molecular complexity index is 1650. The molecule has 0 aliphatic rings. The summed E-state index contributed by atoms with van der Waals surface area (Å²) < 4.78 is 22.1. The van der Waals surface area contributed by atoms with Gasteiger partial charge in [-0.15, -0.1) is 0 Å². The maximum atomic E-state index is 14.7. The van der Waals surface area contributed by atoms with Crippen LogP contribution in [0.25, 0.3) is 22.5 Å². The number of nitrogens with zero attached hydrogens (tertiary/aromatic N) is 2. The second-order valence-corrected chi connectivity index (χ2v) is 10.4. The first-order valence-corrected chi connectivity index (χ1v) is 13.5. The van der Waals surface area contributed by atoms with Gasteiger partial charge in [-0.05, 0) is 70.6 Å². The standard InChI is InChI=1S/C29H26FIN4O5/c30-23-13-19(31)8-11-22(23)24-14-32-27(33-24)25(12-17-4-2-1-3-5-17)35-28(38)26(34-29(35)39)18-6-9-21(10-7-18)40-16-20(37)15-36/h1-11,13-14,20,25,36-38H,12,15-16H2,(H,32,33)(H,34,39)/t20-,25-/m1/s1. The van der Waals surface area contributed by atoms with E-state index in [9.17, 15) is 19.4 Å². The zero-order chi connectivity index (χ0) is 28.2. The molecule has 0 saturated carbocycles. The first-order chi connectivity index (χ1) is 19.3. The Labute approximate surface area is 242 Å². The van der Waals surface area contributed by atoms with Crippen LogP contribution in [0.2, 0.25) is 0 Å². The van der Waals surface area contributed by atoms with Gasteiger partial charge in [0, 0.05) is 21.1 Å². The number of aromatic amines is 2. The van der Waals surface area contributed by atoms with Crippen LogP contribution in [0.15, 0.2) is 83.8 Å². The number of hydrogen-bond donors (Lipinski definition) is 5. The average molecular weight is 656 g/mol. The van der Waals surface area contributed by atoms with Gasteiger partial charge in [0.1, 0.15) is 41.8 Å². The van der Waals surface area contributed by atoms with Gasteiger partial charge in [-0.3, -0.25) is 4.57 Å². The highest BCUT2D eigenvalue weighted by Gasteiger charge is 2.26. The van der Waals surface area contributed by atoms with Gasteiger partial charge in [-0.25, -0.2) is 14.2 Å². The summed E-state index contributed by atoms with van der Waals surface area (Å²) in [5, 5.41) is 29.7. The van der Waals surface area contributed by atoms with Crippen LogP contribution in [0.1, 0.15) is 17.4 Å². The lowest BCUT2D eigenvalue weighted by atomic mass is 10.0. The minimum atomic E-state index is -1.00. The second-order valence-electron chi connectivity index (χ2n) is 9.18. The van der Waals surface area contributed by atoms with Crippen LogP contribution < -0.4 is 10.4 Å². The molecule has 5 N–H and O–H groups in total. The summed E-state index contributed by atoms with van der Waals surface area (Å²) in [5.74, 6) is 0.147. The predicted molar refractivity (Wildman–Crippen MR) is 156 cm³/mol. The highest BCUT2D eigenvalue weighted by molar-refractivity contribution is 14.1. The Balaban J connectivity index is 1.51. The normalized spacial score (nSPS) is 12.8. The number of aromatic nitrogens is 4. The quantitative estimate of drug-likeness (QED) is 0.143. The molecule has 0 spiro atoms. The van der Waals surface area contributed by atoms with Gasteiger partial charge >= 0.3 is 5.69 Å². The lowest BCUT2D eigenvalue weighted by Crippen LogP contribution is -2.25. The summed E-state index contributed by atoms with van der Waals surface area (Å²) in [6.07, 6.45) is 0.842. The Morgan fingerprint density at radius 1 is 1.05 bits per heavy atom. The van der Waals surface area contributed by atoms with E-state index in [1.165, 1.54) is 16.8 Å². The Morgan fingerprint density at radius 3 is 2.50 bits per heavy atom. The fraction of sp³-hybridized carbons (Fsp3) is 0.172.